The molecule has 3 N–H and O–H groups in total. The zero-order chi connectivity index (χ0) is 12.7. The average molecular weight is 236 g/mol. The molecule has 0 aliphatic heterocycles. The first-order chi connectivity index (χ1) is 8.16. The molecule has 1 aromatic carbocycles. The van der Waals surface area contributed by atoms with Gasteiger partial charge in [0, 0.05) is 6.61 Å². The molecule has 17 heavy (non-hydrogen) atoms. The van der Waals surface area contributed by atoms with E-state index in [1.165, 1.54) is 5.56 Å². The predicted octanol–water partition coefficient (Wildman–Crippen LogP) is 2.27. The molecular formula is C14H24N2O. The van der Waals surface area contributed by atoms with Crippen molar-refractivity contribution in [1.82, 2.24) is 5.43 Å². The van der Waals surface area contributed by atoms with Crippen LogP contribution < -0.4 is 11.3 Å². The Kier molecular flexibility index (Phi) is 5.62. The van der Waals surface area contributed by atoms with E-state index < -0.39 is 0 Å². The van der Waals surface area contributed by atoms with E-state index in [0.29, 0.717) is 6.61 Å². The standard InChI is InChI=1S/C14H24N2O/c1-4-14(3,17-5-2)13(16-15)11-12-9-7-6-8-10-12/h6-10,13,16H,4-5,11,15H2,1-3H3. The molecule has 3 nitrogen and oxygen atoms in total. The van der Waals surface area contributed by atoms with Crippen molar-refractivity contribution >= 4 is 0 Å². The molecule has 0 spiro atoms. The zero-order valence-corrected chi connectivity index (χ0v) is 11.1. The van der Waals surface area contributed by atoms with Crippen molar-refractivity contribution < 1.29 is 4.74 Å². The van der Waals surface area contributed by atoms with Crippen LogP contribution in [-0.2, 0) is 11.2 Å². The van der Waals surface area contributed by atoms with Gasteiger partial charge in [-0.1, -0.05) is 37.3 Å². The minimum atomic E-state index is -0.223. The summed E-state index contributed by atoms with van der Waals surface area (Å²) in [6.45, 7) is 6.97. The molecule has 0 amide bonds. The highest BCUT2D eigenvalue weighted by Gasteiger charge is 2.32. The van der Waals surface area contributed by atoms with Gasteiger partial charge in [0.1, 0.15) is 0 Å². The van der Waals surface area contributed by atoms with Crippen LogP contribution in [-0.4, -0.2) is 18.2 Å². The summed E-state index contributed by atoms with van der Waals surface area (Å²) in [5.74, 6) is 5.68. The number of hydrogen-bond donors (Lipinski definition) is 2. The first-order valence-corrected chi connectivity index (χ1v) is 6.30. The number of hydrogen-bond acceptors (Lipinski definition) is 3. The second-order valence-electron chi connectivity index (χ2n) is 4.51. The molecular weight excluding hydrogens is 212 g/mol. The van der Waals surface area contributed by atoms with Crippen molar-refractivity contribution in [2.75, 3.05) is 6.61 Å². The molecule has 0 radical (unpaired) electrons. The molecule has 3 heteroatoms. The molecule has 0 fully saturated rings. The molecule has 0 saturated heterocycles. The predicted molar refractivity (Wildman–Crippen MR) is 71.6 cm³/mol. The number of rotatable bonds is 7. The highest BCUT2D eigenvalue weighted by atomic mass is 16.5. The van der Waals surface area contributed by atoms with E-state index in [1.807, 2.05) is 25.1 Å². The largest absolute Gasteiger partial charge is 0.374 e. The molecule has 0 saturated carbocycles. The SMILES string of the molecule is CCOC(C)(CC)C(Cc1ccccc1)NN. The number of benzene rings is 1. The molecule has 1 aromatic rings. The maximum Gasteiger partial charge on any atom is 0.0820 e. The molecule has 2 unspecified atom stereocenters. The number of ether oxygens (including phenoxy) is 1. The van der Waals surface area contributed by atoms with E-state index in [2.05, 4.69) is 31.4 Å². The average Bonchev–Trinajstić information content (AvgIpc) is 2.37. The van der Waals surface area contributed by atoms with Crippen LogP contribution in [0.25, 0.3) is 0 Å². The first kappa shape index (κ1) is 14.2. The van der Waals surface area contributed by atoms with E-state index in [9.17, 15) is 0 Å². The number of nitrogens with two attached hydrogens (primary N) is 1. The van der Waals surface area contributed by atoms with Crippen LogP contribution in [0.5, 0.6) is 0 Å². The van der Waals surface area contributed by atoms with E-state index >= 15 is 0 Å². The van der Waals surface area contributed by atoms with Crippen molar-refractivity contribution in [2.24, 2.45) is 5.84 Å². The molecule has 2 atom stereocenters. The van der Waals surface area contributed by atoms with Gasteiger partial charge in [0.2, 0.25) is 0 Å². The smallest absolute Gasteiger partial charge is 0.0820 e. The van der Waals surface area contributed by atoms with Crippen molar-refractivity contribution in [3.8, 4) is 0 Å². The lowest BCUT2D eigenvalue weighted by Crippen LogP contribution is -2.54. The Morgan fingerprint density at radius 1 is 1.29 bits per heavy atom. The summed E-state index contributed by atoms with van der Waals surface area (Å²) in [6, 6.07) is 10.5. The summed E-state index contributed by atoms with van der Waals surface area (Å²) in [4.78, 5) is 0. The lowest BCUT2D eigenvalue weighted by atomic mass is 9.88. The molecule has 0 bridgehead atoms. The third-order valence-corrected chi connectivity index (χ3v) is 3.40. The molecule has 96 valence electrons. The van der Waals surface area contributed by atoms with Crippen molar-refractivity contribution in [2.45, 2.75) is 45.3 Å². The molecule has 0 aliphatic carbocycles. The van der Waals surface area contributed by atoms with Crippen LogP contribution in [0.15, 0.2) is 30.3 Å². The minimum Gasteiger partial charge on any atom is -0.374 e. The summed E-state index contributed by atoms with van der Waals surface area (Å²) in [6.07, 6.45) is 1.81. The lowest BCUT2D eigenvalue weighted by molar-refractivity contribution is -0.0550. The van der Waals surface area contributed by atoms with Crippen LogP contribution in [0, 0.1) is 0 Å². The van der Waals surface area contributed by atoms with Crippen LogP contribution >= 0.6 is 0 Å². The van der Waals surface area contributed by atoms with E-state index in [0.717, 1.165) is 12.8 Å². The third kappa shape index (κ3) is 3.80. The molecule has 0 heterocycles. The lowest BCUT2D eigenvalue weighted by Gasteiger charge is -2.36. The fraction of sp³-hybridized carbons (Fsp3) is 0.571. The van der Waals surface area contributed by atoms with Crippen molar-refractivity contribution in [1.29, 1.82) is 0 Å². The topological polar surface area (TPSA) is 47.3 Å². The van der Waals surface area contributed by atoms with E-state index in [4.69, 9.17) is 10.6 Å². The third-order valence-electron chi connectivity index (χ3n) is 3.40. The van der Waals surface area contributed by atoms with Gasteiger partial charge in [0.05, 0.1) is 11.6 Å². The van der Waals surface area contributed by atoms with Gasteiger partial charge in [-0.3, -0.25) is 11.3 Å². The Bertz CT molecular complexity index is 315. The fourth-order valence-corrected chi connectivity index (χ4v) is 2.08. The van der Waals surface area contributed by atoms with Crippen LogP contribution in [0.2, 0.25) is 0 Å². The Hall–Kier alpha value is -0.900. The maximum atomic E-state index is 5.86. The second-order valence-corrected chi connectivity index (χ2v) is 4.51. The zero-order valence-electron chi connectivity index (χ0n) is 11.1. The quantitative estimate of drug-likeness (QED) is 0.564. The maximum absolute atomic E-state index is 5.86. The Balaban J connectivity index is 2.76. The van der Waals surface area contributed by atoms with Crippen molar-refractivity contribution in [3.63, 3.8) is 0 Å². The van der Waals surface area contributed by atoms with Gasteiger partial charge >= 0.3 is 0 Å². The molecule has 0 aromatic heterocycles. The van der Waals surface area contributed by atoms with Gasteiger partial charge in [0.25, 0.3) is 0 Å². The molecule has 0 aliphatic rings. The van der Waals surface area contributed by atoms with Crippen molar-refractivity contribution in [3.05, 3.63) is 35.9 Å². The summed E-state index contributed by atoms with van der Waals surface area (Å²) in [7, 11) is 0. The van der Waals surface area contributed by atoms with Crippen LogP contribution in [0.4, 0.5) is 0 Å². The monoisotopic (exact) mass is 236 g/mol. The Labute approximate surface area is 104 Å². The number of hydrazine groups is 1. The summed E-state index contributed by atoms with van der Waals surface area (Å²) >= 11 is 0. The summed E-state index contributed by atoms with van der Waals surface area (Å²) < 4.78 is 5.86. The van der Waals surface area contributed by atoms with Crippen LogP contribution in [0.1, 0.15) is 32.8 Å². The van der Waals surface area contributed by atoms with Gasteiger partial charge in [-0.15, -0.1) is 0 Å². The summed E-state index contributed by atoms with van der Waals surface area (Å²) in [5, 5.41) is 0. The minimum absolute atomic E-state index is 0.120. The highest BCUT2D eigenvalue weighted by Crippen LogP contribution is 2.22. The van der Waals surface area contributed by atoms with E-state index in [1.54, 1.807) is 0 Å². The highest BCUT2D eigenvalue weighted by molar-refractivity contribution is 5.17. The second kappa shape index (κ2) is 6.74. The number of nitrogens with one attached hydrogen (secondary N) is 1. The normalized spacial score (nSPS) is 16.5. The van der Waals surface area contributed by atoms with Gasteiger partial charge < -0.3 is 4.74 Å². The van der Waals surface area contributed by atoms with Gasteiger partial charge in [-0.05, 0) is 32.3 Å². The summed E-state index contributed by atoms with van der Waals surface area (Å²) in [5.41, 5.74) is 3.95. The van der Waals surface area contributed by atoms with Gasteiger partial charge in [-0.2, -0.15) is 0 Å². The Morgan fingerprint density at radius 2 is 1.94 bits per heavy atom. The first-order valence-electron chi connectivity index (χ1n) is 6.30. The Morgan fingerprint density at radius 3 is 2.41 bits per heavy atom. The van der Waals surface area contributed by atoms with Gasteiger partial charge in [-0.25, -0.2) is 0 Å². The molecule has 1 rings (SSSR count). The van der Waals surface area contributed by atoms with Crippen LogP contribution in [0.3, 0.4) is 0 Å². The fourth-order valence-electron chi connectivity index (χ4n) is 2.08. The van der Waals surface area contributed by atoms with E-state index in [-0.39, 0.29) is 11.6 Å². The van der Waals surface area contributed by atoms with Gasteiger partial charge in [0.15, 0.2) is 0 Å².